The van der Waals surface area contributed by atoms with Crippen LogP contribution in [0.25, 0.3) is 10.9 Å². The van der Waals surface area contributed by atoms with Crippen molar-refractivity contribution in [3.8, 4) is 5.75 Å². The molecule has 2 N–H and O–H groups in total. The Morgan fingerprint density at radius 2 is 1.87 bits per heavy atom. The lowest BCUT2D eigenvalue weighted by Crippen LogP contribution is -2.55. The third kappa shape index (κ3) is 4.66. The molecule has 1 aliphatic heterocycles. The molecule has 162 valence electrons. The number of rotatable bonds is 6. The molecular formula is C24H28N4O3. The molecule has 1 aromatic heterocycles. The van der Waals surface area contributed by atoms with E-state index in [2.05, 4.69) is 21.3 Å². The number of anilines is 1. The molecule has 0 unspecified atom stereocenters. The van der Waals surface area contributed by atoms with Crippen LogP contribution in [0.2, 0.25) is 0 Å². The first-order valence-corrected chi connectivity index (χ1v) is 10.5. The molecule has 2 amide bonds. The molecule has 0 spiro atoms. The molecule has 1 saturated heterocycles. The smallest absolute Gasteiger partial charge is 0.245 e. The summed E-state index contributed by atoms with van der Waals surface area (Å²) in [6.45, 7) is 4.15. The van der Waals surface area contributed by atoms with Crippen LogP contribution in [0.4, 0.5) is 5.69 Å². The van der Waals surface area contributed by atoms with Crippen LogP contribution in [0.3, 0.4) is 0 Å². The van der Waals surface area contributed by atoms with E-state index in [0.29, 0.717) is 19.5 Å². The summed E-state index contributed by atoms with van der Waals surface area (Å²) in [7, 11) is 1.66. The minimum Gasteiger partial charge on any atom is -0.497 e. The molecule has 0 aliphatic carbocycles. The first-order chi connectivity index (χ1) is 15.0. The van der Waals surface area contributed by atoms with Gasteiger partial charge in [-0.1, -0.05) is 24.3 Å². The van der Waals surface area contributed by atoms with E-state index < -0.39 is 6.04 Å². The summed E-state index contributed by atoms with van der Waals surface area (Å²) < 4.78 is 5.32. The number of hydrogen-bond donors (Lipinski definition) is 2. The van der Waals surface area contributed by atoms with Crippen molar-refractivity contribution in [3.05, 3.63) is 60.3 Å². The third-order valence-corrected chi connectivity index (χ3v) is 5.78. The molecule has 2 aromatic carbocycles. The van der Waals surface area contributed by atoms with Crippen molar-refractivity contribution >= 4 is 28.4 Å². The molecule has 1 fully saturated rings. The second kappa shape index (κ2) is 9.12. The van der Waals surface area contributed by atoms with E-state index in [9.17, 15) is 9.59 Å². The van der Waals surface area contributed by atoms with Gasteiger partial charge in [-0.2, -0.15) is 0 Å². The lowest BCUT2D eigenvalue weighted by atomic mass is 10.0. The van der Waals surface area contributed by atoms with Crippen LogP contribution < -0.4 is 15.0 Å². The van der Waals surface area contributed by atoms with Crippen LogP contribution in [0.5, 0.6) is 5.75 Å². The summed E-state index contributed by atoms with van der Waals surface area (Å²) in [6, 6.07) is 15.4. The van der Waals surface area contributed by atoms with E-state index >= 15 is 0 Å². The molecular weight excluding hydrogens is 392 g/mol. The van der Waals surface area contributed by atoms with Gasteiger partial charge in [-0.15, -0.1) is 0 Å². The highest BCUT2D eigenvalue weighted by Crippen LogP contribution is 2.23. The van der Waals surface area contributed by atoms with Gasteiger partial charge in [0.25, 0.3) is 0 Å². The van der Waals surface area contributed by atoms with Gasteiger partial charge in [0.2, 0.25) is 11.8 Å². The molecule has 7 nitrogen and oxygen atoms in total. The molecule has 31 heavy (non-hydrogen) atoms. The lowest BCUT2D eigenvalue weighted by Gasteiger charge is -2.37. The summed E-state index contributed by atoms with van der Waals surface area (Å²) in [4.78, 5) is 32.5. The topological polar surface area (TPSA) is 77.7 Å². The first kappa shape index (κ1) is 20.8. The number of para-hydroxylation sites is 1. The Morgan fingerprint density at radius 3 is 2.61 bits per heavy atom. The molecule has 1 atom stereocenters. The summed E-state index contributed by atoms with van der Waals surface area (Å²) in [5.74, 6) is 0.583. The highest BCUT2D eigenvalue weighted by Gasteiger charge is 2.29. The molecule has 2 heterocycles. The fraction of sp³-hybridized carbons (Fsp3) is 0.333. The number of carbonyl (C=O) groups excluding carboxylic acids is 2. The largest absolute Gasteiger partial charge is 0.497 e. The van der Waals surface area contributed by atoms with E-state index in [1.807, 2.05) is 53.6 Å². The van der Waals surface area contributed by atoms with Crippen molar-refractivity contribution in [2.75, 3.05) is 38.2 Å². The summed E-state index contributed by atoms with van der Waals surface area (Å²) in [6.07, 6.45) is 2.38. The third-order valence-electron chi connectivity index (χ3n) is 5.78. The molecule has 0 radical (unpaired) electrons. The zero-order valence-electron chi connectivity index (χ0n) is 17.9. The quantitative estimate of drug-likeness (QED) is 0.643. The van der Waals surface area contributed by atoms with E-state index in [4.69, 9.17) is 4.74 Å². The Morgan fingerprint density at radius 1 is 1.10 bits per heavy atom. The van der Waals surface area contributed by atoms with Crippen molar-refractivity contribution in [2.45, 2.75) is 19.4 Å². The minimum absolute atomic E-state index is 0.0363. The number of aromatic nitrogens is 1. The number of aromatic amines is 1. The number of nitrogens with zero attached hydrogens (tertiary/aromatic N) is 2. The molecule has 0 saturated carbocycles. The maximum atomic E-state index is 13.3. The lowest BCUT2D eigenvalue weighted by molar-refractivity contribution is -0.136. The highest BCUT2D eigenvalue weighted by molar-refractivity contribution is 5.89. The van der Waals surface area contributed by atoms with Gasteiger partial charge < -0.3 is 24.8 Å². The molecule has 3 aromatic rings. The summed E-state index contributed by atoms with van der Waals surface area (Å²) >= 11 is 0. The Bertz CT molecular complexity index is 1070. The van der Waals surface area contributed by atoms with Crippen molar-refractivity contribution in [1.82, 2.24) is 15.2 Å². The number of H-pyrrole nitrogens is 1. The number of fused-ring (bicyclic) bond motifs is 1. The SMILES string of the molecule is COc1cccc(N2CCN(C(=O)[C@@H](Cc3c[nH]c4ccccc34)NC(C)=O)CC2)c1. The Balaban J connectivity index is 1.44. The predicted octanol–water partition coefficient (Wildman–Crippen LogP) is 2.57. The van der Waals surface area contributed by atoms with Crippen molar-refractivity contribution < 1.29 is 14.3 Å². The Kier molecular flexibility index (Phi) is 6.11. The number of amides is 2. The second-order valence-corrected chi connectivity index (χ2v) is 7.83. The van der Waals surface area contributed by atoms with E-state index in [1.54, 1.807) is 7.11 Å². The number of methoxy groups -OCH3 is 1. The average molecular weight is 421 g/mol. The van der Waals surface area contributed by atoms with Crippen LogP contribution >= 0.6 is 0 Å². The van der Waals surface area contributed by atoms with Gasteiger partial charge in [-0.3, -0.25) is 9.59 Å². The summed E-state index contributed by atoms with van der Waals surface area (Å²) in [5, 5.41) is 3.94. The zero-order valence-corrected chi connectivity index (χ0v) is 17.9. The predicted molar refractivity (Wildman–Crippen MR) is 121 cm³/mol. The fourth-order valence-corrected chi connectivity index (χ4v) is 4.18. The molecule has 0 bridgehead atoms. The second-order valence-electron chi connectivity index (χ2n) is 7.83. The van der Waals surface area contributed by atoms with Crippen molar-refractivity contribution in [1.29, 1.82) is 0 Å². The van der Waals surface area contributed by atoms with Crippen molar-refractivity contribution in [2.24, 2.45) is 0 Å². The van der Waals surface area contributed by atoms with Gasteiger partial charge in [-0.25, -0.2) is 0 Å². The maximum absolute atomic E-state index is 13.3. The van der Waals surface area contributed by atoms with E-state index in [1.165, 1.54) is 6.92 Å². The van der Waals surface area contributed by atoms with Gasteiger partial charge in [0.05, 0.1) is 7.11 Å². The maximum Gasteiger partial charge on any atom is 0.245 e. The number of piperazine rings is 1. The molecule has 7 heteroatoms. The number of ether oxygens (including phenoxy) is 1. The van der Waals surface area contributed by atoms with Gasteiger partial charge in [0.15, 0.2) is 0 Å². The number of hydrogen-bond acceptors (Lipinski definition) is 4. The molecule has 1 aliphatic rings. The number of benzene rings is 2. The zero-order chi connectivity index (χ0) is 21.8. The van der Waals surface area contributed by atoms with E-state index in [0.717, 1.165) is 41.0 Å². The molecule has 4 rings (SSSR count). The fourth-order valence-electron chi connectivity index (χ4n) is 4.18. The minimum atomic E-state index is -0.583. The first-order valence-electron chi connectivity index (χ1n) is 10.5. The van der Waals surface area contributed by atoms with Crippen LogP contribution in [0, 0.1) is 0 Å². The Hall–Kier alpha value is -3.48. The normalized spacial score (nSPS) is 15.0. The van der Waals surface area contributed by atoms with Crippen LogP contribution in [0.15, 0.2) is 54.7 Å². The standard InChI is InChI=1S/C24H28N4O3/c1-17(29)26-23(14-18-16-25-22-9-4-3-8-21(18)22)24(30)28-12-10-27(11-13-28)19-6-5-7-20(15-19)31-2/h3-9,15-16,23,25H,10-14H2,1-2H3,(H,26,29)/t23-/m1/s1. The monoisotopic (exact) mass is 420 g/mol. The summed E-state index contributed by atoms with van der Waals surface area (Å²) in [5.41, 5.74) is 3.14. The van der Waals surface area contributed by atoms with Crippen molar-refractivity contribution in [3.63, 3.8) is 0 Å². The number of nitrogens with one attached hydrogen (secondary N) is 2. The highest BCUT2D eigenvalue weighted by atomic mass is 16.5. The van der Waals surface area contributed by atoms with Gasteiger partial charge >= 0.3 is 0 Å². The average Bonchev–Trinajstić information content (AvgIpc) is 3.21. The Labute approximate surface area is 182 Å². The van der Waals surface area contributed by atoms with Gasteiger partial charge in [0.1, 0.15) is 11.8 Å². The van der Waals surface area contributed by atoms with Crippen LogP contribution in [-0.4, -0.2) is 61.0 Å². The van der Waals surface area contributed by atoms with E-state index in [-0.39, 0.29) is 11.8 Å². The van der Waals surface area contributed by atoms with Crippen LogP contribution in [0.1, 0.15) is 12.5 Å². The number of carbonyl (C=O) groups is 2. The van der Waals surface area contributed by atoms with Gasteiger partial charge in [-0.05, 0) is 23.8 Å². The van der Waals surface area contributed by atoms with Gasteiger partial charge in [0, 0.05) is 68.4 Å². The van der Waals surface area contributed by atoms with Crippen LogP contribution in [-0.2, 0) is 16.0 Å².